The lowest BCUT2D eigenvalue weighted by atomic mass is 9.89. The van der Waals surface area contributed by atoms with Crippen molar-refractivity contribution in [3.8, 4) is 0 Å². The standard InChI is InChI=1S/C26H32O.2CH2O.2CH4.H2/c1-4-7-24-18-25-20(3)16-22(17-23(25)14-15-26(24)27)9-6-5-8-21-12-10-19(2)11-13-21;2*1-2;;;/h4,10-13,16-17,24H,1,5-9,14-15,18H2,2-3H3;2*1H2;2*1H4;1H. The van der Waals surface area contributed by atoms with Gasteiger partial charge in [-0.2, -0.15) is 0 Å². The summed E-state index contributed by atoms with van der Waals surface area (Å²) in [4.78, 5) is 28.4. The molecule has 0 saturated heterocycles. The van der Waals surface area contributed by atoms with E-state index in [1.165, 1.54) is 46.2 Å². The molecule has 1 aliphatic rings. The second-order valence-corrected chi connectivity index (χ2v) is 8.13. The normalized spacial score (nSPS) is 13.9. The number of carbonyl (C=O) groups excluding carboxylic acids is 3. The average Bonchev–Trinajstić information content (AvgIpc) is 2.95. The Bertz CT molecular complexity index is 841. The number of ketones is 1. The van der Waals surface area contributed by atoms with Gasteiger partial charge in [0.1, 0.15) is 19.4 Å². The van der Waals surface area contributed by atoms with Gasteiger partial charge >= 0.3 is 0 Å². The summed E-state index contributed by atoms with van der Waals surface area (Å²) in [5.74, 6) is 0.535. The Hall–Kier alpha value is -2.81. The van der Waals surface area contributed by atoms with Crippen molar-refractivity contribution in [2.24, 2.45) is 5.92 Å². The third-order valence-corrected chi connectivity index (χ3v) is 5.92. The van der Waals surface area contributed by atoms with E-state index in [2.05, 4.69) is 56.8 Å². The maximum atomic E-state index is 12.4. The molecule has 0 spiro atoms. The van der Waals surface area contributed by atoms with Crippen LogP contribution in [0.3, 0.4) is 0 Å². The third-order valence-electron chi connectivity index (χ3n) is 5.92. The molecule has 3 nitrogen and oxygen atoms in total. The highest BCUT2D eigenvalue weighted by atomic mass is 16.1. The van der Waals surface area contributed by atoms with Crippen LogP contribution in [0.15, 0.2) is 49.1 Å². The van der Waals surface area contributed by atoms with E-state index in [-0.39, 0.29) is 22.2 Å². The largest absolute Gasteiger partial charge is 0.307 e. The van der Waals surface area contributed by atoms with Gasteiger partial charge in [0, 0.05) is 13.8 Å². The number of carbonyl (C=O) groups is 3. The van der Waals surface area contributed by atoms with Gasteiger partial charge in [0.25, 0.3) is 0 Å². The second-order valence-electron chi connectivity index (χ2n) is 8.13. The van der Waals surface area contributed by atoms with Crippen LogP contribution >= 0.6 is 0 Å². The van der Waals surface area contributed by atoms with Crippen LogP contribution in [0.5, 0.6) is 0 Å². The number of benzene rings is 2. The zero-order valence-corrected chi connectivity index (χ0v) is 19.1. The Morgan fingerprint density at radius 2 is 1.48 bits per heavy atom. The molecular formula is C30H46O3. The predicted octanol–water partition coefficient (Wildman–Crippen LogP) is 7.27. The molecule has 0 aromatic heterocycles. The van der Waals surface area contributed by atoms with Crippen molar-refractivity contribution >= 4 is 19.4 Å². The molecule has 2 aromatic rings. The van der Waals surface area contributed by atoms with Gasteiger partial charge in [-0.3, -0.25) is 4.79 Å². The number of rotatable bonds is 7. The van der Waals surface area contributed by atoms with E-state index >= 15 is 0 Å². The van der Waals surface area contributed by atoms with Gasteiger partial charge in [-0.25, -0.2) is 0 Å². The topological polar surface area (TPSA) is 51.2 Å². The van der Waals surface area contributed by atoms with Gasteiger partial charge in [-0.15, -0.1) is 6.58 Å². The van der Waals surface area contributed by atoms with E-state index in [1.54, 1.807) is 0 Å². The Kier molecular flexibility index (Phi) is 17.4. The molecule has 1 aliphatic carbocycles. The Morgan fingerprint density at radius 1 is 0.909 bits per heavy atom. The highest BCUT2D eigenvalue weighted by Crippen LogP contribution is 2.29. The summed E-state index contributed by atoms with van der Waals surface area (Å²) in [6, 6.07) is 13.6. The summed E-state index contributed by atoms with van der Waals surface area (Å²) < 4.78 is 0. The number of Topliss-reactive ketones (excluding diaryl/α,β-unsaturated/α-hetero) is 1. The van der Waals surface area contributed by atoms with Crippen molar-refractivity contribution in [3.05, 3.63) is 82.4 Å². The molecule has 0 aliphatic heterocycles. The number of hydrogen-bond acceptors (Lipinski definition) is 3. The number of unbranched alkanes of at least 4 members (excludes halogenated alkanes) is 1. The maximum absolute atomic E-state index is 12.4. The van der Waals surface area contributed by atoms with Crippen LogP contribution < -0.4 is 0 Å². The smallest absolute Gasteiger partial charge is 0.136 e. The Labute approximate surface area is 203 Å². The number of allylic oxidation sites excluding steroid dienone is 1. The van der Waals surface area contributed by atoms with Gasteiger partial charge in [0.05, 0.1) is 0 Å². The van der Waals surface area contributed by atoms with Crippen molar-refractivity contribution in [3.63, 3.8) is 0 Å². The highest BCUT2D eigenvalue weighted by molar-refractivity contribution is 5.82. The van der Waals surface area contributed by atoms with E-state index in [1.807, 2.05) is 19.7 Å². The van der Waals surface area contributed by atoms with E-state index in [0.717, 1.165) is 32.1 Å². The molecule has 0 fully saturated rings. The summed E-state index contributed by atoms with van der Waals surface area (Å²) in [5, 5.41) is 0. The fraction of sp³-hybridized carbons (Fsp3) is 0.433. The molecule has 0 N–H and O–H groups in total. The molecule has 2 aromatic carbocycles. The lowest BCUT2D eigenvalue weighted by molar-refractivity contribution is -0.122. The first-order valence-corrected chi connectivity index (χ1v) is 10.9. The van der Waals surface area contributed by atoms with Crippen LogP contribution in [0.1, 0.15) is 75.3 Å². The summed E-state index contributed by atoms with van der Waals surface area (Å²) in [6.45, 7) is 12.2. The monoisotopic (exact) mass is 454 g/mol. The molecule has 3 heteroatoms. The van der Waals surface area contributed by atoms with Crippen LogP contribution in [-0.2, 0) is 40.1 Å². The van der Waals surface area contributed by atoms with Crippen molar-refractivity contribution in [2.45, 2.75) is 80.1 Å². The minimum Gasteiger partial charge on any atom is -0.307 e. The molecule has 0 heterocycles. The van der Waals surface area contributed by atoms with Crippen LogP contribution in [0.25, 0.3) is 0 Å². The van der Waals surface area contributed by atoms with Crippen molar-refractivity contribution < 1.29 is 15.8 Å². The van der Waals surface area contributed by atoms with E-state index in [9.17, 15) is 4.79 Å². The molecule has 3 rings (SSSR count). The molecule has 0 saturated carbocycles. The maximum Gasteiger partial charge on any atom is 0.136 e. The third kappa shape index (κ3) is 10.1. The zero-order chi connectivity index (χ0) is 23.2. The predicted molar refractivity (Wildman–Crippen MR) is 144 cm³/mol. The Morgan fingerprint density at radius 3 is 2.06 bits per heavy atom. The second kappa shape index (κ2) is 17.7. The summed E-state index contributed by atoms with van der Waals surface area (Å²) >= 11 is 0. The Balaban J connectivity index is -0.00000130. The summed E-state index contributed by atoms with van der Waals surface area (Å²) in [6.07, 6.45) is 9.89. The van der Waals surface area contributed by atoms with Gasteiger partial charge in [0.2, 0.25) is 0 Å². The quantitative estimate of drug-likeness (QED) is 0.251. The lowest BCUT2D eigenvalue weighted by Gasteiger charge is -2.15. The van der Waals surface area contributed by atoms with Crippen molar-refractivity contribution in [1.82, 2.24) is 0 Å². The fourth-order valence-electron chi connectivity index (χ4n) is 4.28. The summed E-state index contributed by atoms with van der Waals surface area (Å²) in [7, 11) is 0. The van der Waals surface area contributed by atoms with Crippen LogP contribution in [0.2, 0.25) is 0 Å². The first kappa shape index (κ1) is 32.4. The first-order valence-electron chi connectivity index (χ1n) is 10.9. The highest BCUT2D eigenvalue weighted by Gasteiger charge is 2.24. The lowest BCUT2D eigenvalue weighted by Crippen LogP contribution is -2.14. The number of hydrogen-bond donors (Lipinski definition) is 0. The SMILES string of the molecule is C.C.C=CCC1Cc2c(C)cc(CCCCc3ccc(C)cc3)cc2CCC1=O.C=O.C=O.[HH]. The van der Waals surface area contributed by atoms with Gasteiger partial charge in [-0.1, -0.05) is 62.9 Å². The van der Waals surface area contributed by atoms with Gasteiger partial charge < -0.3 is 9.59 Å². The van der Waals surface area contributed by atoms with Crippen LogP contribution in [0, 0.1) is 19.8 Å². The van der Waals surface area contributed by atoms with Crippen LogP contribution in [-0.4, -0.2) is 19.4 Å². The molecule has 184 valence electrons. The molecule has 0 bridgehead atoms. The van der Waals surface area contributed by atoms with Gasteiger partial charge in [-0.05, 0) is 86.6 Å². The minimum absolute atomic E-state index is 0. The number of aryl methyl sites for hydroxylation is 5. The molecule has 1 unspecified atom stereocenters. The summed E-state index contributed by atoms with van der Waals surface area (Å²) in [5.41, 5.74) is 8.38. The molecule has 33 heavy (non-hydrogen) atoms. The fourth-order valence-corrected chi connectivity index (χ4v) is 4.28. The molecule has 1 atom stereocenters. The van der Waals surface area contributed by atoms with E-state index in [4.69, 9.17) is 9.59 Å². The van der Waals surface area contributed by atoms with Gasteiger partial charge in [0.15, 0.2) is 0 Å². The van der Waals surface area contributed by atoms with E-state index in [0.29, 0.717) is 12.2 Å². The zero-order valence-electron chi connectivity index (χ0n) is 19.1. The first-order chi connectivity index (χ1) is 15.1. The van der Waals surface area contributed by atoms with Crippen molar-refractivity contribution in [1.29, 1.82) is 0 Å². The van der Waals surface area contributed by atoms with Crippen LogP contribution in [0.4, 0.5) is 0 Å². The molecular weight excluding hydrogens is 408 g/mol. The molecule has 0 amide bonds. The van der Waals surface area contributed by atoms with E-state index < -0.39 is 0 Å². The van der Waals surface area contributed by atoms with Crippen molar-refractivity contribution in [2.75, 3.05) is 0 Å². The minimum atomic E-state index is 0. The molecule has 0 radical (unpaired) electrons. The average molecular weight is 455 g/mol. The number of fused-ring (bicyclic) bond motifs is 1.